The van der Waals surface area contributed by atoms with Crippen LogP contribution in [0.1, 0.15) is 23.5 Å². The first-order chi connectivity index (χ1) is 12.9. The molecule has 7 nitrogen and oxygen atoms in total. The Bertz CT molecular complexity index is 971. The fourth-order valence-electron chi connectivity index (χ4n) is 2.65. The van der Waals surface area contributed by atoms with Crippen LogP contribution in [0.15, 0.2) is 53.1 Å². The summed E-state index contributed by atoms with van der Waals surface area (Å²) in [4.78, 5) is 25.1. The Morgan fingerprint density at radius 1 is 1.15 bits per heavy atom. The Labute approximate surface area is 157 Å². The molecular formula is C20H21N3O4. The van der Waals surface area contributed by atoms with Crippen LogP contribution >= 0.6 is 0 Å². The monoisotopic (exact) mass is 367 g/mol. The molecule has 1 aromatic carbocycles. The van der Waals surface area contributed by atoms with Crippen LogP contribution in [-0.4, -0.2) is 47.8 Å². The molecule has 0 radical (unpaired) electrons. The second-order valence-corrected chi connectivity index (χ2v) is 6.32. The van der Waals surface area contributed by atoms with Crippen LogP contribution in [0.3, 0.4) is 0 Å². The maximum absolute atomic E-state index is 12.0. The number of hydrogen-bond acceptors (Lipinski definition) is 5. The SMILES string of the molecule is COC(=O)C(C)n1ccc(-c2cccc(-c3ccc(C(=O)N(C)C)o3)c2)n1. The first-order valence-corrected chi connectivity index (χ1v) is 8.46. The van der Waals surface area contributed by atoms with E-state index >= 15 is 0 Å². The number of nitrogens with zero attached hydrogens (tertiary/aromatic N) is 3. The lowest BCUT2D eigenvalue weighted by atomic mass is 10.1. The second-order valence-electron chi connectivity index (χ2n) is 6.32. The van der Waals surface area contributed by atoms with E-state index in [2.05, 4.69) is 5.10 Å². The lowest BCUT2D eigenvalue weighted by Crippen LogP contribution is -2.20. The molecule has 0 aliphatic heterocycles. The van der Waals surface area contributed by atoms with Crippen molar-refractivity contribution in [3.63, 3.8) is 0 Å². The number of amides is 1. The van der Waals surface area contributed by atoms with Crippen molar-refractivity contribution in [2.75, 3.05) is 21.2 Å². The molecule has 0 N–H and O–H groups in total. The van der Waals surface area contributed by atoms with Crippen molar-refractivity contribution >= 4 is 11.9 Å². The normalized spacial score (nSPS) is 11.9. The van der Waals surface area contributed by atoms with Crippen molar-refractivity contribution in [1.29, 1.82) is 0 Å². The van der Waals surface area contributed by atoms with Crippen LogP contribution in [0.5, 0.6) is 0 Å². The largest absolute Gasteiger partial charge is 0.467 e. The van der Waals surface area contributed by atoms with Crippen molar-refractivity contribution in [2.45, 2.75) is 13.0 Å². The fraction of sp³-hybridized carbons (Fsp3) is 0.250. The minimum atomic E-state index is -0.503. The first-order valence-electron chi connectivity index (χ1n) is 8.46. The number of rotatable bonds is 5. The van der Waals surface area contributed by atoms with Gasteiger partial charge in [-0.05, 0) is 31.2 Å². The first kappa shape index (κ1) is 18.4. The van der Waals surface area contributed by atoms with E-state index in [4.69, 9.17) is 9.15 Å². The van der Waals surface area contributed by atoms with Crippen LogP contribution in [0.25, 0.3) is 22.6 Å². The van der Waals surface area contributed by atoms with E-state index in [0.717, 1.165) is 16.8 Å². The maximum atomic E-state index is 12.0. The van der Waals surface area contributed by atoms with Crippen LogP contribution in [0, 0.1) is 0 Å². The van der Waals surface area contributed by atoms with Crippen molar-refractivity contribution in [3.05, 3.63) is 54.4 Å². The topological polar surface area (TPSA) is 77.6 Å². The van der Waals surface area contributed by atoms with Gasteiger partial charge in [0, 0.05) is 31.4 Å². The number of carbonyl (C=O) groups excluding carboxylic acids is 2. The summed E-state index contributed by atoms with van der Waals surface area (Å²) in [5.41, 5.74) is 2.44. The molecule has 0 bridgehead atoms. The molecule has 2 heterocycles. The molecule has 3 aromatic rings. The van der Waals surface area contributed by atoms with Gasteiger partial charge in [0.25, 0.3) is 5.91 Å². The smallest absolute Gasteiger partial charge is 0.330 e. The maximum Gasteiger partial charge on any atom is 0.330 e. The third-order valence-corrected chi connectivity index (χ3v) is 4.21. The standard InChI is InChI=1S/C20H21N3O4/c1-13(20(25)26-4)23-11-10-16(21-23)14-6-5-7-15(12-14)17-8-9-18(27-17)19(24)22(2)3/h5-13H,1-4H3. The summed E-state index contributed by atoms with van der Waals surface area (Å²) in [6.45, 7) is 1.73. The molecule has 0 saturated heterocycles. The van der Waals surface area contributed by atoms with Gasteiger partial charge in [-0.25, -0.2) is 4.79 Å². The van der Waals surface area contributed by atoms with E-state index in [1.165, 1.54) is 12.0 Å². The van der Waals surface area contributed by atoms with Gasteiger partial charge in [-0.2, -0.15) is 5.10 Å². The number of hydrogen-bond donors (Lipinski definition) is 0. The highest BCUT2D eigenvalue weighted by atomic mass is 16.5. The van der Waals surface area contributed by atoms with Gasteiger partial charge < -0.3 is 14.1 Å². The average Bonchev–Trinajstić information content (AvgIpc) is 3.36. The summed E-state index contributed by atoms with van der Waals surface area (Å²) >= 11 is 0. The number of carbonyl (C=O) groups is 2. The lowest BCUT2D eigenvalue weighted by molar-refractivity contribution is -0.144. The Morgan fingerprint density at radius 3 is 2.59 bits per heavy atom. The molecule has 1 unspecified atom stereocenters. The molecule has 0 saturated carbocycles. The van der Waals surface area contributed by atoms with Crippen LogP contribution in [0.2, 0.25) is 0 Å². The van der Waals surface area contributed by atoms with E-state index in [1.807, 2.05) is 30.3 Å². The zero-order valence-corrected chi connectivity index (χ0v) is 15.7. The van der Waals surface area contributed by atoms with E-state index in [0.29, 0.717) is 5.76 Å². The molecule has 7 heteroatoms. The van der Waals surface area contributed by atoms with Crippen LogP contribution in [0.4, 0.5) is 0 Å². The number of aromatic nitrogens is 2. The van der Waals surface area contributed by atoms with Crippen molar-refractivity contribution in [3.8, 4) is 22.6 Å². The predicted octanol–water partition coefficient (Wildman–Crippen LogP) is 3.25. The quantitative estimate of drug-likeness (QED) is 0.647. The molecule has 1 atom stereocenters. The number of benzene rings is 1. The summed E-state index contributed by atoms with van der Waals surface area (Å²) in [5, 5.41) is 4.47. The van der Waals surface area contributed by atoms with Crippen molar-refractivity contribution in [1.82, 2.24) is 14.7 Å². The van der Waals surface area contributed by atoms with E-state index in [-0.39, 0.29) is 17.6 Å². The molecule has 1 amide bonds. The Kier molecular flexibility index (Phi) is 5.12. The lowest BCUT2D eigenvalue weighted by Gasteiger charge is -2.09. The fourth-order valence-corrected chi connectivity index (χ4v) is 2.65. The minimum Gasteiger partial charge on any atom is -0.467 e. The van der Waals surface area contributed by atoms with Gasteiger partial charge in [0.1, 0.15) is 11.8 Å². The third-order valence-electron chi connectivity index (χ3n) is 4.21. The molecule has 2 aromatic heterocycles. The molecule has 27 heavy (non-hydrogen) atoms. The molecular weight excluding hydrogens is 346 g/mol. The molecule has 3 rings (SSSR count). The summed E-state index contributed by atoms with van der Waals surface area (Å²) in [6, 6.07) is 12.4. The van der Waals surface area contributed by atoms with Crippen LogP contribution in [-0.2, 0) is 9.53 Å². The summed E-state index contributed by atoms with van der Waals surface area (Å²) in [5.74, 6) is 0.348. The number of ether oxygens (including phenoxy) is 1. The predicted molar refractivity (Wildman–Crippen MR) is 100 cm³/mol. The van der Waals surface area contributed by atoms with Gasteiger partial charge in [-0.3, -0.25) is 9.48 Å². The number of furan rings is 1. The third kappa shape index (κ3) is 3.76. The summed E-state index contributed by atoms with van der Waals surface area (Å²) in [6.07, 6.45) is 1.74. The summed E-state index contributed by atoms with van der Waals surface area (Å²) in [7, 11) is 4.71. The molecule has 0 fully saturated rings. The van der Waals surface area contributed by atoms with E-state index < -0.39 is 6.04 Å². The van der Waals surface area contributed by atoms with Gasteiger partial charge >= 0.3 is 5.97 Å². The average molecular weight is 367 g/mol. The molecule has 0 aliphatic rings. The zero-order valence-electron chi connectivity index (χ0n) is 15.7. The van der Waals surface area contributed by atoms with Gasteiger partial charge in [-0.1, -0.05) is 18.2 Å². The van der Waals surface area contributed by atoms with Crippen molar-refractivity contribution < 1.29 is 18.7 Å². The van der Waals surface area contributed by atoms with E-state index in [1.54, 1.807) is 44.0 Å². The highest BCUT2D eigenvalue weighted by Gasteiger charge is 2.17. The van der Waals surface area contributed by atoms with Crippen molar-refractivity contribution in [2.24, 2.45) is 0 Å². The highest BCUT2D eigenvalue weighted by Crippen LogP contribution is 2.27. The van der Waals surface area contributed by atoms with Gasteiger partial charge in [0.15, 0.2) is 5.76 Å². The number of methoxy groups -OCH3 is 1. The van der Waals surface area contributed by atoms with Gasteiger partial charge in [0.2, 0.25) is 0 Å². The second kappa shape index (κ2) is 7.49. The van der Waals surface area contributed by atoms with E-state index in [9.17, 15) is 9.59 Å². The highest BCUT2D eigenvalue weighted by molar-refractivity contribution is 5.91. The van der Waals surface area contributed by atoms with Gasteiger partial charge in [0.05, 0.1) is 12.8 Å². The summed E-state index contributed by atoms with van der Waals surface area (Å²) < 4.78 is 12.0. The minimum absolute atomic E-state index is 0.187. The Morgan fingerprint density at radius 2 is 1.89 bits per heavy atom. The Balaban J connectivity index is 1.88. The van der Waals surface area contributed by atoms with Gasteiger partial charge in [-0.15, -0.1) is 0 Å². The molecule has 0 spiro atoms. The molecule has 0 aliphatic carbocycles. The van der Waals surface area contributed by atoms with Crippen LogP contribution < -0.4 is 0 Å². The Hall–Kier alpha value is -3.35. The zero-order chi connectivity index (χ0) is 19.6. The number of esters is 1. The molecule has 140 valence electrons.